The Morgan fingerprint density at radius 1 is 1.25 bits per heavy atom. The fourth-order valence-corrected chi connectivity index (χ4v) is 1.82. The van der Waals surface area contributed by atoms with Gasteiger partial charge in [0.05, 0.1) is 19.8 Å². The minimum absolute atomic E-state index is 0.0541. The third kappa shape index (κ3) is 1.18. The summed E-state index contributed by atoms with van der Waals surface area (Å²) in [7, 11) is 4.71. The van der Waals surface area contributed by atoms with E-state index in [2.05, 4.69) is 0 Å². The molecule has 84 valence electrons. The maximum Gasteiger partial charge on any atom is 0.230 e. The van der Waals surface area contributed by atoms with Crippen molar-refractivity contribution in [3.05, 3.63) is 17.7 Å². The second-order valence-corrected chi connectivity index (χ2v) is 3.43. The molecule has 1 aromatic rings. The minimum Gasteiger partial charge on any atom is -0.493 e. The Morgan fingerprint density at radius 3 is 2.50 bits per heavy atom. The van der Waals surface area contributed by atoms with Gasteiger partial charge in [0.1, 0.15) is 5.69 Å². The molecule has 16 heavy (non-hydrogen) atoms. The van der Waals surface area contributed by atoms with E-state index in [1.165, 1.54) is 19.1 Å². The number of methoxy groups -OCH3 is 2. The number of likely N-dealkylation sites (N-methyl/N-ethyl adjacent to an activating group) is 1. The van der Waals surface area contributed by atoms with Crippen LogP contribution in [0.2, 0.25) is 0 Å². The number of nitrogens with zero attached hydrogens (tertiary/aromatic N) is 1. The maximum absolute atomic E-state index is 11.7. The summed E-state index contributed by atoms with van der Waals surface area (Å²) in [5.74, 6) is 0.689. The standard InChI is InChI=1S/C11H12N2O3/c1-13-8-6(9(14)11(13)12)4-5-7(15-2)10(8)16-3/h4-5,12H,1-3H3. The van der Waals surface area contributed by atoms with Crippen molar-refractivity contribution >= 4 is 17.3 Å². The summed E-state index contributed by atoms with van der Waals surface area (Å²) >= 11 is 0. The molecule has 1 aromatic carbocycles. The van der Waals surface area contributed by atoms with Crippen LogP contribution in [0.4, 0.5) is 5.69 Å². The lowest BCUT2D eigenvalue weighted by atomic mass is 10.1. The number of anilines is 1. The lowest BCUT2D eigenvalue weighted by molar-refractivity contribution is 0.106. The number of amidine groups is 1. The number of hydrogen-bond donors (Lipinski definition) is 1. The van der Waals surface area contributed by atoms with E-state index in [1.54, 1.807) is 19.2 Å². The Balaban J connectivity index is 2.71. The van der Waals surface area contributed by atoms with Crippen LogP contribution in [0.3, 0.4) is 0 Å². The van der Waals surface area contributed by atoms with Gasteiger partial charge in [-0.25, -0.2) is 0 Å². The number of rotatable bonds is 2. The fraction of sp³-hybridized carbons (Fsp3) is 0.273. The van der Waals surface area contributed by atoms with Crippen LogP contribution < -0.4 is 14.4 Å². The van der Waals surface area contributed by atoms with Crippen LogP contribution in [0.15, 0.2) is 12.1 Å². The molecule has 0 unspecified atom stereocenters. The van der Waals surface area contributed by atoms with Crippen LogP contribution >= 0.6 is 0 Å². The Hall–Kier alpha value is -2.04. The summed E-state index contributed by atoms with van der Waals surface area (Å²) in [5, 5.41) is 7.63. The highest BCUT2D eigenvalue weighted by Gasteiger charge is 2.34. The van der Waals surface area contributed by atoms with E-state index in [0.29, 0.717) is 22.7 Å². The quantitative estimate of drug-likeness (QED) is 0.816. The highest BCUT2D eigenvalue weighted by molar-refractivity contribution is 6.53. The van der Waals surface area contributed by atoms with Gasteiger partial charge in [0.2, 0.25) is 5.78 Å². The number of benzene rings is 1. The van der Waals surface area contributed by atoms with Crippen molar-refractivity contribution in [3.8, 4) is 11.5 Å². The number of Topliss-reactive ketones (excluding diaryl/α,β-unsaturated/α-hetero) is 1. The molecule has 0 spiro atoms. The fourth-order valence-electron chi connectivity index (χ4n) is 1.82. The first kappa shape index (κ1) is 10.5. The van der Waals surface area contributed by atoms with E-state index >= 15 is 0 Å². The number of fused-ring (bicyclic) bond motifs is 1. The summed E-state index contributed by atoms with van der Waals surface area (Å²) in [6.45, 7) is 0. The molecule has 2 rings (SSSR count). The highest BCUT2D eigenvalue weighted by atomic mass is 16.5. The molecule has 1 heterocycles. The highest BCUT2D eigenvalue weighted by Crippen LogP contribution is 2.43. The van der Waals surface area contributed by atoms with Crippen LogP contribution in [-0.4, -0.2) is 32.9 Å². The van der Waals surface area contributed by atoms with E-state index in [9.17, 15) is 4.79 Å². The molecule has 0 saturated heterocycles. The van der Waals surface area contributed by atoms with Gasteiger partial charge in [-0.15, -0.1) is 0 Å². The predicted molar refractivity (Wildman–Crippen MR) is 60.0 cm³/mol. The molecule has 5 heteroatoms. The smallest absolute Gasteiger partial charge is 0.230 e. The molecule has 1 aliphatic rings. The first-order valence-corrected chi connectivity index (χ1v) is 4.73. The Morgan fingerprint density at radius 2 is 1.94 bits per heavy atom. The summed E-state index contributed by atoms with van der Waals surface area (Å²) in [6, 6.07) is 3.32. The molecule has 0 fully saturated rings. The van der Waals surface area contributed by atoms with E-state index < -0.39 is 0 Å². The topological polar surface area (TPSA) is 62.6 Å². The molecule has 0 radical (unpaired) electrons. The lowest BCUT2D eigenvalue weighted by Gasteiger charge is -2.16. The van der Waals surface area contributed by atoms with Gasteiger partial charge in [-0.3, -0.25) is 10.2 Å². The van der Waals surface area contributed by atoms with Gasteiger partial charge in [-0.1, -0.05) is 0 Å². The monoisotopic (exact) mass is 220 g/mol. The minimum atomic E-state index is -0.293. The van der Waals surface area contributed by atoms with Crippen molar-refractivity contribution in [2.24, 2.45) is 0 Å². The molecule has 1 N–H and O–H groups in total. The van der Waals surface area contributed by atoms with Gasteiger partial charge in [0.25, 0.3) is 0 Å². The average Bonchev–Trinajstić information content (AvgIpc) is 2.53. The normalized spacial score (nSPS) is 14.1. The summed E-state index contributed by atoms with van der Waals surface area (Å²) < 4.78 is 10.4. The molecule has 0 aromatic heterocycles. The van der Waals surface area contributed by atoms with E-state index in [-0.39, 0.29) is 11.6 Å². The van der Waals surface area contributed by atoms with Crippen molar-refractivity contribution in [1.29, 1.82) is 5.41 Å². The van der Waals surface area contributed by atoms with E-state index in [0.717, 1.165) is 0 Å². The van der Waals surface area contributed by atoms with Crippen molar-refractivity contribution in [2.75, 3.05) is 26.2 Å². The summed E-state index contributed by atoms with van der Waals surface area (Å²) in [6.07, 6.45) is 0. The lowest BCUT2D eigenvalue weighted by Crippen LogP contribution is -2.24. The van der Waals surface area contributed by atoms with E-state index in [1.807, 2.05) is 0 Å². The predicted octanol–water partition coefficient (Wildman–Crippen LogP) is 1.31. The van der Waals surface area contributed by atoms with Gasteiger partial charge in [-0.2, -0.15) is 0 Å². The SMILES string of the molecule is COc1ccc2c(c1OC)N(C)C(=N)C2=O. The number of carbonyl (C=O) groups is 1. The average molecular weight is 220 g/mol. The van der Waals surface area contributed by atoms with Gasteiger partial charge >= 0.3 is 0 Å². The third-order valence-electron chi connectivity index (χ3n) is 2.65. The molecular formula is C11H12N2O3. The zero-order chi connectivity index (χ0) is 11.9. The van der Waals surface area contributed by atoms with Gasteiger partial charge in [0, 0.05) is 7.05 Å². The second-order valence-electron chi connectivity index (χ2n) is 3.43. The van der Waals surface area contributed by atoms with Crippen molar-refractivity contribution in [1.82, 2.24) is 0 Å². The number of nitrogens with one attached hydrogen (secondary N) is 1. The maximum atomic E-state index is 11.7. The molecule has 0 amide bonds. The molecule has 0 bridgehead atoms. The van der Waals surface area contributed by atoms with Crippen molar-refractivity contribution < 1.29 is 14.3 Å². The Kier molecular flexibility index (Phi) is 2.30. The van der Waals surface area contributed by atoms with Gasteiger partial charge < -0.3 is 14.4 Å². The van der Waals surface area contributed by atoms with Crippen LogP contribution in [0, 0.1) is 5.41 Å². The van der Waals surface area contributed by atoms with E-state index in [4.69, 9.17) is 14.9 Å². The number of carbonyl (C=O) groups excluding carboxylic acids is 1. The van der Waals surface area contributed by atoms with Gasteiger partial charge in [0.15, 0.2) is 17.3 Å². The molecule has 0 atom stereocenters. The first-order valence-electron chi connectivity index (χ1n) is 4.73. The van der Waals surface area contributed by atoms with Gasteiger partial charge in [-0.05, 0) is 12.1 Å². The molecule has 0 aliphatic carbocycles. The molecule has 0 saturated carbocycles. The largest absolute Gasteiger partial charge is 0.493 e. The summed E-state index contributed by atoms with van der Waals surface area (Å²) in [4.78, 5) is 13.2. The molecule has 1 aliphatic heterocycles. The first-order chi connectivity index (χ1) is 7.61. The van der Waals surface area contributed by atoms with Crippen LogP contribution in [0.1, 0.15) is 10.4 Å². The van der Waals surface area contributed by atoms with Crippen LogP contribution in [-0.2, 0) is 0 Å². The zero-order valence-electron chi connectivity index (χ0n) is 9.33. The number of hydrogen-bond acceptors (Lipinski definition) is 4. The number of ketones is 1. The Bertz CT molecular complexity index is 482. The van der Waals surface area contributed by atoms with Crippen molar-refractivity contribution in [3.63, 3.8) is 0 Å². The zero-order valence-corrected chi connectivity index (χ0v) is 9.33. The second kappa shape index (κ2) is 3.52. The van der Waals surface area contributed by atoms with Crippen LogP contribution in [0.25, 0.3) is 0 Å². The molecule has 5 nitrogen and oxygen atoms in total. The number of ether oxygens (including phenoxy) is 2. The Labute approximate surface area is 93.1 Å². The molecular weight excluding hydrogens is 208 g/mol. The summed E-state index contributed by atoms with van der Waals surface area (Å²) in [5.41, 5.74) is 1.07. The third-order valence-corrected chi connectivity index (χ3v) is 2.65. The van der Waals surface area contributed by atoms with Crippen LogP contribution in [0.5, 0.6) is 11.5 Å². The van der Waals surface area contributed by atoms with Crippen molar-refractivity contribution in [2.45, 2.75) is 0 Å².